The Labute approximate surface area is 405 Å². The summed E-state index contributed by atoms with van der Waals surface area (Å²) >= 11 is 0. The van der Waals surface area contributed by atoms with E-state index < -0.39 is 0 Å². The highest BCUT2D eigenvalue weighted by atomic mass is 15.0. The van der Waals surface area contributed by atoms with Crippen molar-refractivity contribution in [2.75, 3.05) is 0 Å². The SMILES string of the molecule is [2H]c1c([2H])c(-c2nc(-c3ccccc3)nc(-c3ccccc3)n2)c([2H])c([2H])c1-c1ccc2c(c1)C1c3ccccc3C2c2cc(-c3c([2H])c([2H])c(-c4nc(-c5ccccc5)nc(-c5ccccc5)n4)c([2H])c3[2H])ccc21. The average Bonchev–Trinajstić information content (AvgIpc) is 3.60. The van der Waals surface area contributed by atoms with E-state index in [1.807, 2.05) is 170 Å². The first kappa shape index (κ1) is 31.8. The van der Waals surface area contributed by atoms with Crippen molar-refractivity contribution in [2.45, 2.75) is 11.8 Å². The summed E-state index contributed by atoms with van der Waals surface area (Å²) in [4.78, 5) is 28.5. The Hall–Kier alpha value is -9.00. The average molecular weight is 877 g/mol. The standard InChI is InChI=1S/C62H40N6/c1-5-15-41(16-6-1)57-63-58(42-17-7-2-8-18-42)66-61(65-57)45-29-25-39(26-30-45)47-33-35-51-53(37-47)55-49-23-13-14-24-50(49)56(51)54-38-48(34-36-52(54)55)40-27-31-46(32-28-40)62-67-59(43-19-9-3-10-20-43)64-60(68-62)44-21-11-4-12-22-44/h1-38,55-56H/i25D,26D,27D,28D,29D,30D,31D,32D. The molecule has 318 valence electrons. The van der Waals surface area contributed by atoms with Crippen LogP contribution >= 0.6 is 0 Å². The van der Waals surface area contributed by atoms with E-state index in [1.54, 1.807) is 0 Å². The fourth-order valence-electron chi connectivity index (χ4n) is 9.51. The van der Waals surface area contributed by atoms with E-state index in [1.165, 1.54) is 0 Å². The first-order chi connectivity index (χ1) is 37.0. The summed E-state index contributed by atoms with van der Waals surface area (Å²) in [6, 6.07) is 55.5. The van der Waals surface area contributed by atoms with Crippen molar-refractivity contribution in [3.8, 4) is 90.6 Å². The molecule has 68 heavy (non-hydrogen) atoms. The summed E-state index contributed by atoms with van der Waals surface area (Å²) in [5.74, 6) is 0.886. The lowest BCUT2D eigenvalue weighted by Gasteiger charge is -2.42. The Bertz CT molecular complexity index is 3720. The molecule has 3 aliphatic carbocycles. The molecule has 6 nitrogen and oxygen atoms in total. The zero-order valence-corrected chi connectivity index (χ0v) is 36.2. The molecule has 0 radical (unpaired) electrons. The maximum absolute atomic E-state index is 9.47. The highest BCUT2D eigenvalue weighted by molar-refractivity contribution is 5.78. The zero-order valence-electron chi connectivity index (χ0n) is 44.2. The molecule has 11 aromatic rings. The summed E-state index contributed by atoms with van der Waals surface area (Å²) in [6.07, 6.45) is 0. The number of nitrogens with zero attached hydrogens (tertiary/aromatic N) is 6. The molecule has 0 amide bonds. The Morgan fingerprint density at radius 1 is 0.221 bits per heavy atom. The molecular formula is C62H40N6. The van der Waals surface area contributed by atoms with Crippen molar-refractivity contribution in [3.63, 3.8) is 0 Å². The highest BCUT2D eigenvalue weighted by Gasteiger charge is 2.41. The van der Waals surface area contributed by atoms with Gasteiger partial charge in [-0.2, -0.15) is 0 Å². The van der Waals surface area contributed by atoms with E-state index >= 15 is 0 Å². The lowest BCUT2D eigenvalue weighted by molar-refractivity contribution is 0.755. The van der Waals surface area contributed by atoms with Gasteiger partial charge < -0.3 is 0 Å². The van der Waals surface area contributed by atoms with E-state index in [4.69, 9.17) is 29.9 Å². The topological polar surface area (TPSA) is 77.3 Å². The molecule has 2 atom stereocenters. The predicted octanol–water partition coefficient (Wildman–Crippen LogP) is 14.4. The molecule has 0 N–H and O–H groups in total. The molecule has 3 aliphatic rings. The smallest absolute Gasteiger partial charge is 0.164 e. The van der Waals surface area contributed by atoms with Gasteiger partial charge in [-0.05, 0) is 67.8 Å². The fraction of sp³-hybridized carbons (Fsp3) is 0.0323. The summed E-state index contributed by atoms with van der Waals surface area (Å²) in [5, 5.41) is 0. The van der Waals surface area contributed by atoms with Crippen molar-refractivity contribution in [1.29, 1.82) is 0 Å². The van der Waals surface area contributed by atoms with Crippen molar-refractivity contribution < 1.29 is 11.0 Å². The number of benzene rings is 9. The van der Waals surface area contributed by atoms with Crippen LogP contribution in [0.1, 0.15) is 56.2 Å². The zero-order chi connectivity index (χ0) is 51.9. The van der Waals surface area contributed by atoms with Gasteiger partial charge in [0, 0.05) is 45.2 Å². The van der Waals surface area contributed by atoms with E-state index in [9.17, 15) is 11.0 Å². The third kappa shape index (κ3) is 6.98. The Morgan fingerprint density at radius 2 is 0.471 bits per heavy atom. The van der Waals surface area contributed by atoms with Gasteiger partial charge in [0.05, 0.1) is 11.0 Å². The second kappa shape index (κ2) is 16.5. The Balaban J connectivity index is 0.901. The summed E-state index contributed by atoms with van der Waals surface area (Å²) < 4.78 is 75.5. The lowest BCUT2D eigenvalue weighted by atomic mass is 9.60. The molecule has 0 saturated carbocycles. The second-order valence-electron chi connectivity index (χ2n) is 16.8. The van der Waals surface area contributed by atoms with Gasteiger partial charge >= 0.3 is 0 Å². The van der Waals surface area contributed by atoms with Crippen LogP contribution in [-0.4, -0.2) is 29.9 Å². The van der Waals surface area contributed by atoms with Gasteiger partial charge in [0.25, 0.3) is 0 Å². The Kier molecular flexibility index (Phi) is 7.70. The molecule has 2 bridgehead atoms. The monoisotopic (exact) mass is 876 g/mol. The van der Waals surface area contributed by atoms with Crippen molar-refractivity contribution >= 4 is 0 Å². The van der Waals surface area contributed by atoms with Gasteiger partial charge in [0.1, 0.15) is 0 Å². The molecule has 0 saturated heterocycles. The van der Waals surface area contributed by atoms with Crippen LogP contribution in [0, 0.1) is 0 Å². The van der Waals surface area contributed by atoms with Crippen molar-refractivity contribution in [3.05, 3.63) is 264 Å². The molecule has 9 aromatic carbocycles. The first-order valence-electron chi connectivity index (χ1n) is 26.4. The summed E-state index contributed by atoms with van der Waals surface area (Å²) in [6.45, 7) is 0. The Morgan fingerprint density at radius 3 is 0.779 bits per heavy atom. The number of hydrogen-bond acceptors (Lipinski definition) is 6. The molecule has 0 aliphatic heterocycles. The summed E-state index contributed by atoms with van der Waals surface area (Å²) in [7, 11) is 0. The second-order valence-corrected chi connectivity index (χ2v) is 16.8. The normalized spacial score (nSPS) is 15.8. The minimum Gasteiger partial charge on any atom is -0.208 e. The van der Waals surface area contributed by atoms with E-state index in [2.05, 4.69) is 12.1 Å². The number of rotatable bonds is 8. The van der Waals surface area contributed by atoms with Crippen LogP contribution in [0.2, 0.25) is 0 Å². The summed E-state index contributed by atoms with van der Waals surface area (Å²) in [5.41, 5.74) is 10.3. The third-order valence-electron chi connectivity index (χ3n) is 12.7. The van der Waals surface area contributed by atoms with Crippen LogP contribution < -0.4 is 0 Å². The van der Waals surface area contributed by atoms with Crippen LogP contribution in [0.15, 0.2) is 230 Å². The number of aromatic nitrogens is 6. The number of hydrogen-bond donors (Lipinski definition) is 0. The van der Waals surface area contributed by atoms with Gasteiger partial charge in [-0.15, -0.1) is 0 Å². The largest absolute Gasteiger partial charge is 0.208 e. The molecule has 2 unspecified atom stereocenters. The van der Waals surface area contributed by atoms with Crippen LogP contribution in [0.3, 0.4) is 0 Å². The quantitative estimate of drug-likeness (QED) is 0.151. The van der Waals surface area contributed by atoms with Crippen LogP contribution in [0.5, 0.6) is 0 Å². The van der Waals surface area contributed by atoms with Crippen LogP contribution in [0.25, 0.3) is 90.6 Å². The minimum atomic E-state index is -0.278. The third-order valence-corrected chi connectivity index (χ3v) is 12.7. The molecule has 2 heterocycles. The molecule has 6 heteroatoms. The van der Waals surface area contributed by atoms with Crippen LogP contribution in [-0.2, 0) is 0 Å². The van der Waals surface area contributed by atoms with E-state index in [0.717, 1.165) is 33.4 Å². The van der Waals surface area contributed by atoms with Crippen molar-refractivity contribution in [2.24, 2.45) is 0 Å². The van der Waals surface area contributed by atoms with E-state index in [0.29, 0.717) is 56.7 Å². The van der Waals surface area contributed by atoms with Gasteiger partial charge in [-0.3, -0.25) is 0 Å². The molecule has 0 fully saturated rings. The highest BCUT2D eigenvalue weighted by Crippen LogP contribution is 2.56. The van der Waals surface area contributed by atoms with E-state index in [-0.39, 0.29) is 94.1 Å². The molecular weight excluding hydrogens is 829 g/mol. The predicted molar refractivity (Wildman–Crippen MR) is 271 cm³/mol. The molecule has 0 spiro atoms. The molecule has 2 aromatic heterocycles. The maximum Gasteiger partial charge on any atom is 0.164 e. The minimum absolute atomic E-state index is 0.0253. The van der Waals surface area contributed by atoms with Gasteiger partial charge in [-0.25, -0.2) is 29.9 Å². The molecule has 14 rings (SSSR count). The maximum atomic E-state index is 9.47. The van der Waals surface area contributed by atoms with Crippen LogP contribution in [0.4, 0.5) is 0 Å². The van der Waals surface area contributed by atoms with Gasteiger partial charge in [-0.1, -0.05) is 218 Å². The van der Waals surface area contributed by atoms with Crippen molar-refractivity contribution in [1.82, 2.24) is 29.9 Å². The first-order valence-corrected chi connectivity index (χ1v) is 22.4. The van der Waals surface area contributed by atoms with Gasteiger partial charge in [0.15, 0.2) is 34.9 Å². The fourth-order valence-corrected chi connectivity index (χ4v) is 9.51. The lowest BCUT2D eigenvalue weighted by Crippen LogP contribution is -2.27. The van der Waals surface area contributed by atoms with Gasteiger partial charge in [0.2, 0.25) is 0 Å².